The van der Waals surface area contributed by atoms with Crippen LogP contribution in [0.15, 0.2) is 0 Å². The van der Waals surface area contributed by atoms with Gasteiger partial charge in [0.15, 0.2) is 0 Å². The first-order valence-corrected chi connectivity index (χ1v) is 8.61. The topological polar surface area (TPSA) is 66.4 Å². The summed E-state index contributed by atoms with van der Waals surface area (Å²) in [5.74, 6) is 0.338. The summed E-state index contributed by atoms with van der Waals surface area (Å²) in [5.41, 5.74) is 0.381. The van der Waals surface area contributed by atoms with Gasteiger partial charge >= 0.3 is 5.97 Å². The van der Waals surface area contributed by atoms with E-state index < -0.39 is 5.97 Å². The van der Waals surface area contributed by atoms with Crippen molar-refractivity contribution in [3.63, 3.8) is 0 Å². The summed E-state index contributed by atoms with van der Waals surface area (Å²) >= 11 is 0. The van der Waals surface area contributed by atoms with Gasteiger partial charge in [0, 0.05) is 18.4 Å². The second-order valence-corrected chi connectivity index (χ2v) is 7.50. The summed E-state index contributed by atoms with van der Waals surface area (Å²) in [6, 6.07) is 0.0631. The molecule has 0 saturated heterocycles. The molecule has 3 saturated carbocycles. The molecule has 4 nitrogen and oxygen atoms in total. The summed E-state index contributed by atoms with van der Waals surface area (Å²) in [7, 11) is 0. The minimum absolute atomic E-state index is 0.0631. The van der Waals surface area contributed by atoms with Crippen LogP contribution in [0.1, 0.15) is 70.6 Å². The van der Waals surface area contributed by atoms with E-state index >= 15 is 0 Å². The molecule has 0 aromatic carbocycles. The van der Waals surface area contributed by atoms with Crippen molar-refractivity contribution in [1.29, 1.82) is 0 Å². The Morgan fingerprint density at radius 1 is 1.19 bits per heavy atom. The molecule has 3 fully saturated rings. The number of hydrogen-bond acceptors (Lipinski definition) is 2. The number of carboxylic acid groups (broad SMARTS) is 1. The van der Waals surface area contributed by atoms with Crippen molar-refractivity contribution in [2.75, 3.05) is 0 Å². The first-order chi connectivity index (χ1) is 10.1. The molecule has 0 aromatic heterocycles. The Morgan fingerprint density at radius 3 is 2.48 bits per heavy atom. The SMILES string of the molecule is O=C(O)CCC(CC1CCCCC1)NC(=O)C1CC12CC2. The van der Waals surface area contributed by atoms with Gasteiger partial charge in [0.05, 0.1) is 0 Å². The van der Waals surface area contributed by atoms with Gasteiger partial charge < -0.3 is 10.4 Å². The molecule has 4 heteroatoms. The Bertz CT molecular complexity index is 410. The Morgan fingerprint density at radius 2 is 1.90 bits per heavy atom. The summed E-state index contributed by atoms with van der Waals surface area (Å²) in [6.45, 7) is 0. The zero-order valence-corrected chi connectivity index (χ0v) is 12.8. The Balaban J connectivity index is 1.50. The monoisotopic (exact) mass is 293 g/mol. The number of nitrogens with one attached hydrogen (secondary N) is 1. The van der Waals surface area contributed by atoms with E-state index in [0.29, 0.717) is 17.8 Å². The van der Waals surface area contributed by atoms with E-state index in [-0.39, 0.29) is 24.3 Å². The lowest BCUT2D eigenvalue weighted by atomic mass is 9.84. The fourth-order valence-corrected chi connectivity index (χ4v) is 4.11. The van der Waals surface area contributed by atoms with Crippen LogP contribution in [0.4, 0.5) is 0 Å². The molecular formula is C17H27NO3. The number of carbonyl (C=O) groups is 2. The van der Waals surface area contributed by atoms with Crippen molar-refractivity contribution in [2.24, 2.45) is 17.3 Å². The number of rotatable bonds is 7. The Hall–Kier alpha value is -1.06. The Kier molecular flexibility index (Phi) is 4.23. The molecule has 3 aliphatic carbocycles. The lowest BCUT2D eigenvalue weighted by Gasteiger charge is -2.27. The first kappa shape index (κ1) is 14.9. The highest BCUT2D eigenvalue weighted by Gasteiger charge is 2.65. The third-order valence-electron chi connectivity index (χ3n) is 5.79. The smallest absolute Gasteiger partial charge is 0.303 e. The average Bonchev–Trinajstić information content (AvgIpc) is 3.38. The highest BCUT2D eigenvalue weighted by molar-refractivity contribution is 5.83. The summed E-state index contributed by atoms with van der Waals surface area (Å²) in [4.78, 5) is 23.1. The minimum atomic E-state index is -0.761. The summed E-state index contributed by atoms with van der Waals surface area (Å²) < 4.78 is 0. The van der Waals surface area contributed by atoms with Gasteiger partial charge in [-0.3, -0.25) is 9.59 Å². The number of amides is 1. The maximum absolute atomic E-state index is 12.3. The predicted octanol–water partition coefficient (Wildman–Crippen LogP) is 3.11. The van der Waals surface area contributed by atoms with E-state index in [0.717, 1.165) is 12.8 Å². The van der Waals surface area contributed by atoms with Crippen molar-refractivity contribution in [3.8, 4) is 0 Å². The normalized spacial score (nSPS) is 28.1. The van der Waals surface area contributed by atoms with Crippen molar-refractivity contribution < 1.29 is 14.7 Å². The van der Waals surface area contributed by atoms with Crippen molar-refractivity contribution >= 4 is 11.9 Å². The number of carboxylic acids is 1. The fraction of sp³-hybridized carbons (Fsp3) is 0.882. The van der Waals surface area contributed by atoms with E-state index in [1.165, 1.54) is 44.9 Å². The summed E-state index contributed by atoms with van der Waals surface area (Å²) in [6.07, 6.45) is 11.6. The summed E-state index contributed by atoms with van der Waals surface area (Å²) in [5, 5.41) is 12.1. The van der Waals surface area contributed by atoms with Crippen molar-refractivity contribution in [3.05, 3.63) is 0 Å². The molecule has 3 aliphatic rings. The van der Waals surface area contributed by atoms with Crippen LogP contribution < -0.4 is 5.32 Å². The van der Waals surface area contributed by atoms with Crippen LogP contribution in [0, 0.1) is 17.3 Å². The zero-order chi connectivity index (χ0) is 14.9. The second kappa shape index (κ2) is 5.98. The third kappa shape index (κ3) is 3.78. The third-order valence-corrected chi connectivity index (χ3v) is 5.79. The molecule has 2 N–H and O–H groups in total. The fourth-order valence-electron chi connectivity index (χ4n) is 4.11. The molecule has 2 atom stereocenters. The number of aliphatic carboxylic acids is 1. The lowest BCUT2D eigenvalue weighted by molar-refractivity contribution is -0.137. The lowest BCUT2D eigenvalue weighted by Crippen LogP contribution is -2.38. The van der Waals surface area contributed by atoms with E-state index in [2.05, 4.69) is 5.32 Å². The Labute approximate surface area is 126 Å². The van der Waals surface area contributed by atoms with Crippen LogP contribution in [0.5, 0.6) is 0 Å². The van der Waals surface area contributed by atoms with Gasteiger partial charge in [0.1, 0.15) is 0 Å². The van der Waals surface area contributed by atoms with Crippen LogP contribution in [0.2, 0.25) is 0 Å². The first-order valence-electron chi connectivity index (χ1n) is 8.61. The highest BCUT2D eigenvalue weighted by atomic mass is 16.4. The molecule has 0 aliphatic heterocycles. The molecule has 1 spiro atoms. The van der Waals surface area contributed by atoms with Gasteiger partial charge in [0.25, 0.3) is 0 Å². The van der Waals surface area contributed by atoms with E-state index in [4.69, 9.17) is 5.11 Å². The van der Waals surface area contributed by atoms with Crippen molar-refractivity contribution in [1.82, 2.24) is 5.32 Å². The van der Waals surface area contributed by atoms with Gasteiger partial charge in [-0.25, -0.2) is 0 Å². The van der Waals surface area contributed by atoms with E-state index in [1.54, 1.807) is 0 Å². The standard InChI is InChI=1S/C17H27NO3/c19-15(20)7-6-13(10-12-4-2-1-3-5-12)18-16(21)14-11-17(14)8-9-17/h12-14H,1-11H2,(H,18,21)(H,19,20). The highest BCUT2D eigenvalue weighted by Crippen LogP contribution is 2.70. The van der Waals surface area contributed by atoms with Crippen LogP contribution in [-0.4, -0.2) is 23.0 Å². The number of carbonyl (C=O) groups excluding carboxylic acids is 1. The molecule has 0 radical (unpaired) electrons. The molecule has 0 aromatic rings. The van der Waals surface area contributed by atoms with Gasteiger partial charge in [-0.05, 0) is 43.4 Å². The molecule has 21 heavy (non-hydrogen) atoms. The van der Waals surface area contributed by atoms with Gasteiger partial charge in [0.2, 0.25) is 5.91 Å². The maximum atomic E-state index is 12.3. The van der Waals surface area contributed by atoms with E-state index in [1.807, 2.05) is 0 Å². The van der Waals surface area contributed by atoms with Crippen LogP contribution in [0.3, 0.4) is 0 Å². The maximum Gasteiger partial charge on any atom is 0.303 e. The van der Waals surface area contributed by atoms with Gasteiger partial charge in [-0.1, -0.05) is 32.1 Å². The second-order valence-electron chi connectivity index (χ2n) is 7.50. The molecule has 2 unspecified atom stereocenters. The average molecular weight is 293 g/mol. The molecular weight excluding hydrogens is 266 g/mol. The number of hydrogen-bond donors (Lipinski definition) is 2. The predicted molar refractivity (Wildman–Crippen MR) is 79.8 cm³/mol. The van der Waals surface area contributed by atoms with Crippen LogP contribution in [0.25, 0.3) is 0 Å². The molecule has 1 amide bonds. The zero-order valence-electron chi connectivity index (χ0n) is 12.8. The van der Waals surface area contributed by atoms with Crippen molar-refractivity contribution in [2.45, 2.75) is 76.7 Å². The molecule has 0 heterocycles. The largest absolute Gasteiger partial charge is 0.481 e. The quantitative estimate of drug-likeness (QED) is 0.758. The molecule has 0 bridgehead atoms. The van der Waals surface area contributed by atoms with Gasteiger partial charge in [-0.15, -0.1) is 0 Å². The molecule has 118 valence electrons. The van der Waals surface area contributed by atoms with Gasteiger partial charge in [-0.2, -0.15) is 0 Å². The van der Waals surface area contributed by atoms with E-state index in [9.17, 15) is 9.59 Å². The molecule has 3 rings (SSSR count). The van der Waals surface area contributed by atoms with Crippen LogP contribution >= 0.6 is 0 Å². The minimum Gasteiger partial charge on any atom is -0.481 e. The van der Waals surface area contributed by atoms with Crippen LogP contribution in [-0.2, 0) is 9.59 Å².